The lowest BCUT2D eigenvalue weighted by Gasteiger charge is -2.07. The molecule has 7 heteroatoms. The van der Waals surface area contributed by atoms with Crippen molar-refractivity contribution in [1.29, 1.82) is 0 Å². The zero-order valence-electron chi connectivity index (χ0n) is 15.3. The highest BCUT2D eigenvalue weighted by molar-refractivity contribution is 5.62. The first-order valence-electron chi connectivity index (χ1n) is 8.84. The van der Waals surface area contributed by atoms with E-state index >= 15 is 0 Å². The molecule has 0 aliphatic carbocycles. The van der Waals surface area contributed by atoms with Gasteiger partial charge in [0, 0.05) is 30.7 Å². The van der Waals surface area contributed by atoms with Crippen LogP contribution in [0.3, 0.4) is 0 Å². The molecule has 0 saturated carbocycles. The average Bonchev–Trinajstić information content (AvgIpc) is 3.36. The maximum atomic E-state index is 5.41. The van der Waals surface area contributed by atoms with Gasteiger partial charge in [-0.25, -0.2) is 9.97 Å². The molecule has 27 heavy (non-hydrogen) atoms. The van der Waals surface area contributed by atoms with Gasteiger partial charge in [0.15, 0.2) is 0 Å². The summed E-state index contributed by atoms with van der Waals surface area (Å²) in [6.45, 7) is 5.62. The van der Waals surface area contributed by atoms with Gasteiger partial charge in [-0.3, -0.25) is 0 Å². The van der Waals surface area contributed by atoms with Gasteiger partial charge < -0.3 is 14.4 Å². The summed E-state index contributed by atoms with van der Waals surface area (Å²) in [5.41, 5.74) is 2.85. The van der Waals surface area contributed by atoms with E-state index in [0.717, 1.165) is 34.9 Å². The number of hydrogen-bond acceptors (Lipinski definition) is 6. The molecule has 0 atom stereocenters. The topological polar surface area (TPSA) is 81.7 Å². The first kappa shape index (κ1) is 17.0. The number of nitrogens with one attached hydrogen (secondary N) is 1. The fourth-order valence-corrected chi connectivity index (χ4v) is 2.86. The highest BCUT2D eigenvalue weighted by atomic mass is 16.5. The Kier molecular flexibility index (Phi) is 4.65. The van der Waals surface area contributed by atoms with Crippen molar-refractivity contribution < 1.29 is 4.52 Å². The third-order valence-electron chi connectivity index (χ3n) is 4.39. The van der Waals surface area contributed by atoms with Gasteiger partial charge in [-0.15, -0.1) is 0 Å². The molecule has 0 aliphatic heterocycles. The number of rotatable bonds is 6. The van der Waals surface area contributed by atoms with Crippen LogP contribution in [0.1, 0.15) is 18.3 Å². The molecule has 0 spiro atoms. The summed E-state index contributed by atoms with van der Waals surface area (Å²) in [5.74, 6) is 2.77. The summed E-state index contributed by atoms with van der Waals surface area (Å²) >= 11 is 0. The smallest absolute Gasteiger partial charge is 0.259 e. The third kappa shape index (κ3) is 3.57. The molecule has 0 saturated heterocycles. The van der Waals surface area contributed by atoms with Gasteiger partial charge in [0.2, 0.25) is 5.82 Å². The van der Waals surface area contributed by atoms with Crippen LogP contribution in [0.2, 0.25) is 0 Å². The van der Waals surface area contributed by atoms with Crippen LogP contribution in [-0.2, 0) is 13.1 Å². The van der Waals surface area contributed by atoms with Crippen LogP contribution in [0.5, 0.6) is 0 Å². The predicted molar refractivity (Wildman–Crippen MR) is 103 cm³/mol. The number of aromatic nitrogens is 5. The van der Waals surface area contributed by atoms with Crippen molar-refractivity contribution in [1.82, 2.24) is 24.7 Å². The van der Waals surface area contributed by atoms with Gasteiger partial charge in [0.25, 0.3) is 5.89 Å². The van der Waals surface area contributed by atoms with Gasteiger partial charge in [-0.1, -0.05) is 29.4 Å². The molecule has 3 aromatic heterocycles. The molecule has 1 N–H and O–H groups in total. The van der Waals surface area contributed by atoms with Gasteiger partial charge in [0.05, 0.1) is 12.1 Å². The van der Waals surface area contributed by atoms with E-state index < -0.39 is 0 Å². The first-order chi connectivity index (χ1) is 13.2. The zero-order chi connectivity index (χ0) is 18.6. The fourth-order valence-electron chi connectivity index (χ4n) is 2.86. The number of anilines is 1. The van der Waals surface area contributed by atoms with Crippen molar-refractivity contribution >= 4 is 5.82 Å². The Bertz CT molecular complexity index is 1030. The van der Waals surface area contributed by atoms with E-state index in [2.05, 4.69) is 36.9 Å². The molecule has 1 aromatic carbocycles. The van der Waals surface area contributed by atoms with Crippen LogP contribution in [-0.4, -0.2) is 24.7 Å². The molecule has 136 valence electrons. The minimum Gasteiger partial charge on any atom is -0.363 e. The second-order valence-electron chi connectivity index (χ2n) is 6.15. The molecular weight excluding hydrogens is 340 g/mol. The summed E-state index contributed by atoms with van der Waals surface area (Å²) in [6, 6.07) is 11.8. The Labute approximate surface area is 157 Å². The molecule has 3 heterocycles. The summed E-state index contributed by atoms with van der Waals surface area (Å²) in [7, 11) is 0. The van der Waals surface area contributed by atoms with Crippen molar-refractivity contribution in [2.45, 2.75) is 26.9 Å². The number of aryl methyl sites for hydroxylation is 2. The lowest BCUT2D eigenvalue weighted by Crippen LogP contribution is -2.08. The quantitative estimate of drug-likeness (QED) is 0.561. The van der Waals surface area contributed by atoms with Crippen LogP contribution < -0.4 is 5.32 Å². The first-order valence-corrected chi connectivity index (χ1v) is 8.84. The van der Waals surface area contributed by atoms with E-state index in [9.17, 15) is 0 Å². The summed E-state index contributed by atoms with van der Waals surface area (Å²) in [4.78, 5) is 13.3. The number of imidazole rings is 1. The average molecular weight is 360 g/mol. The second-order valence-corrected chi connectivity index (χ2v) is 6.15. The minimum atomic E-state index is 0.453. The lowest BCUT2D eigenvalue weighted by molar-refractivity contribution is 0.432. The van der Waals surface area contributed by atoms with Crippen LogP contribution in [0.15, 0.2) is 59.5 Å². The second kappa shape index (κ2) is 7.41. The van der Waals surface area contributed by atoms with E-state index in [1.807, 2.05) is 49.5 Å². The molecule has 0 unspecified atom stereocenters. The van der Waals surface area contributed by atoms with Gasteiger partial charge in [-0.05, 0) is 31.5 Å². The third-order valence-corrected chi connectivity index (χ3v) is 4.39. The van der Waals surface area contributed by atoms with Crippen molar-refractivity contribution in [2.24, 2.45) is 0 Å². The Morgan fingerprint density at radius 2 is 2.00 bits per heavy atom. The van der Waals surface area contributed by atoms with Crippen molar-refractivity contribution in [3.8, 4) is 22.8 Å². The van der Waals surface area contributed by atoms with Crippen LogP contribution in [0.25, 0.3) is 22.8 Å². The van der Waals surface area contributed by atoms with E-state index in [-0.39, 0.29) is 0 Å². The highest BCUT2D eigenvalue weighted by Crippen LogP contribution is 2.24. The molecule has 0 aliphatic rings. The van der Waals surface area contributed by atoms with Crippen molar-refractivity contribution in [3.05, 3.63) is 66.4 Å². The molecule has 4 aromatic rings. The Hall–Kier alpha value is -3.48. The van der Waals surface area contributed by atoms with Gasteiger partial charge in [-0.2, -0.15) is 4.98 Å². The van der Waals surface area contributed by atoms with Gasteiger partial charge >= 0.3 is 0 Å². The maximum Gasteiger partial charge on any atom is 0.259 e. The Morgan fingerprint density at radius 1 is 1.11 bits per heavy atom. The van der Waals surface area contributed by atoms with E-state index in [0.29, 0.717) is 18.3 Å². The predicted octanol–water partition coefficient (Wildman–Crippen LogP) is 3.94. The van der Waals surface area contributed by atoms with Crippen molar-refractivity contribution in [3.63, 3.8) is 0 Å². The fraction of sp³-hybridized carbons (Fsp3) is 0.200. The zero-order valence-corrected chi connectivity index (χ0v) is 15.3. The molecular formula is C20H20N6O. The number of benzene rings is 1. The minimum absolute atomic E-state index is 0.453. The molecule has 4 rings (SSSR count). The van der Waals surface area contributed by atoms with Crippen LogP contribution in [0.4, 0.5) is 5.82 Å². The monoisotopic (exact) mass is 360 g/mol. The Balaban J connectivity index is 1.47. The Morgan fingerprint density at radius 3 is 2.78 bits per heavy atom. The van der Waals surface area contributed by atoms with Gasteiger partial charge in [0.1, 0.15) is 11.6 Å². The summed E-state index contributed by atoms with van der Waals surface area (Å²) < 4.78 is 7.50. The standard InChI is InChI=1S/C20H20N6O/c1-3-26-11-10-21-18(26)13-23-17-9-8-15(12-22-17)20-24-19(25-27-20)16-7-5-4-6-14(16)2/h4-12H,3,13H2,1-2H3,(H,22,23). The van der Waals surface area contributed by atoms with Crippen molar-refractivity contribution in [2.75, 3.05) is 5.32 Å². The summed E-state index contributed by atoms with van der Waals surface area (Å²) in [6.07, 6.45) is 5.50. The molecule has 0 amide bonds. The SMILES string of the molecule is CCn1ccnc1CNc1ccc(-c2nc(-c3ccccc3C)no2)cn1. The molecule has 7 nitrogen and oxygen atoms in total. The number of pyridine rings is 1. The maximum absolute atomic E-state index is 5.41. The molecule has 0 bridgehead atoms. The van der Waals surface area contributed by atoms with Crippen LogP contribution in [0, 0.1) is 6.92 Å². The largest absolute Gasteiger partial charge is 0.363 e. The van der Waals surface area contributed by atoms with E-state index in [1.165, 1.54) is 0 Å². The van der Waals surface area contributed by atoms with E-state index in [4.69, 9.17) is 4.52 Å². The molecule has 0 fully saturated rings. The number of hydrogen-bond donors (Lipinski definition) is 1. The lowest BCUT2D eigenvalue weighted by atomic mass is 10.1. The van der Waals surface area contributed by atoms with E-state index in [1.54, 1.807) is 12.4 Å². The van der Waals surface area contributed by atoms with Crippen LogP contribution >= 0.6 is 0 Å². The normalized spacial score (nSPS) is 10.9. The molecule has 0 radical (unpaired) electrons. The summed E-state index contributed by atoms with van der Waals surface area (Å²) in [5, 5.41) is 7.37. The number of nitrogens with zero attached hydrogens (tertiary/aromatic N) is 5. The highest BCUT2D eigenvalue weighted by Gasteiger charge is 2.12.